The molecule has 0 saturated carbocycles. The lowest BCUT2D eigenvalue weighted by Gasteiger charge is -2.18. The molecule has 2 heterocycles. The fourth-order valence-corrected chi connectivity index (χ4v) is 3.08. The summed E-state index contributed by atoms with van der Waals surface area (Å²) in [7, 11) is 0. The fourth-order valence-electron chi connectivity index (χ4n) is 2.86. The maximum absolute atomic E-state index is 12.9. The number of rotatable bonds is 5. The van der Waals surface area contributed by atoms with Crippen LogP contribution < -0.4 is 9.64 Å². The Kier molecular flexibility index (Phi) is 5.13. The maximum Gasteiger partial charge on any atom is 0.312 e. The quantitative estimate of drug-likeness (QED) is 0.864. The number of pyridine rings is 1. The first-order chi connectivity index (χ1) is 12.4. The number of fused-ring (bicyclic) bond motifs is 1. The lowest BCUT2D eigenvalue weighted by atomic mass is 10.0. The van der Waals surface area contributed by atoms with Gasteiger partial charge in [0.2, 0.25) is 5.88 Å². The van der Waals surface area contributed by atoms with E-state index in [1.54, 1.807) is 24.3 Å². The van der Waals surface area contributed by atoms with E-state index in [1.807, 2.05) is 13.8 Å². The highest BCUT2D eigenvalue weighted by Crippen LogP contribution is 2.37. The van der Waals surface area contributed by atoms with Gasteiger partial charge < -0.3 is 14.7 Å². The molecular weight excluding hydrogens is 356 g/mol. The van der Waals surface area contributed by atoms with Gasteiger partial charge in [-0.15, -0.1) is 0 Å². The first kappa shape index (κ1) is 18.2. The molecule has 1 aromatic carbocycles. The molecule has 1 N–H and O–H groups in total. The molecule has 1 atom stereocenters. The highest BCUT2D eigenvalue weighted by molar-refractivity contribution is 6.32. The fraction of sp³-hybridized carbons (Fsp3) is 0.316. The molecule has 26 heavy (non-hydrogen) atoms. The smallest absolute Gasteiger partial charge is 0.312 e. The number of nitrogens with zero attached hydrogens (tertiary/aromatic N) is 2. The first-order valence-electron chi connectivity index (χ1n) is 8.30. The van der Waals surface area contributed by atoms with Gasteiger partial charge in [0.1, 0.15) is 10.9 Å². The molecule has 1 unspecified atom stereocenters. The number of amides is 1. The number of benzene rings is 1. The van der Waals surface area contributed by atoms with Gasteiger partial charge in [0, 0.05) is 18.4 Å². The molecule has 1 amide bonds. The number of halogens is 1. The van der Waals surface area contributed by atoms with Crippen LogP contribution in [0.3, 0.4) is 0 Å². The second kappa shape index (κ2) is 7.33. The number of anilines is 1. The average molecular weight is 375 g/mol. The molecule has 6 nitrogen and oxygen atoms in total. The number of carboxylic acids is 1. The Bertz CT molecular complexity index is 853. The van der Waals surface area contributed by atoms with E-state index in [-0.39, 0.29) is 28.9 Å². The molecule has 0 spiro atoms. The van der Waals surface area contributed by atoms with Crippen LogP contribution >= 0.6 is 11.6 Å². The van der Waals surface area contributed by atoms with Crippen LogP contribution in [0.5, 0.6) is 5.88 Å². The van der Waals surface area contributed by atoms with E-state index in [0.29, 0.717) is 23.8 Å². The molecule has 0 radical (unpaired) electrons. The summed E-state index contributed by atoms with van der Waals surface area (Å²) in [6, 6.07) is 8.52. The number of carbonyl (C=O) groups is 2. The highest BCUT2D eigenvalue weighted by Gasteiger charge is 2.36. The van der Waals surface area contributed by atoms with Crippen LogP contribution in [0.2, 0.25) is 5.02 Å². The van der Waals surface area contributed by atoms with Gasteiger partial charge in [-0.25, -0.2) is 4.98 Å². The van der Waals surface area contributed by atoms with Gasteiger partial charge in [-0.3, -0.25) is 9.59 Å². The number of carbonyl (C=O) groups excluding carboxylic acids is 1. The maximum atomic E-state index is 12.9. The lowest BCUT2D eigenvalue weighted by Crippen LogP contribution is -2.31. The van der Waals surface area contributed by atoms with Crippen molar-refractivity contribution < 1.29 is 19.4 Å². The monoisotopic (exact) mass is 374 g/mol. The summed E-state index contributed by atoms with van der Waals surface area (Å²) in [5.41, 5.74) is 1.51. The summed E-state index contributed by atoms with van der Waals surface area (Å²) in [5.74, 6) is -1.44. The van der Waals surface area contributed by atoms with Crippen LogP contribution in [-0.2, 0) is 4.79 Å². The summed E-state index contributed by atoms with van der Waals surface area (Å²) in [6.07, 6.45) is 1.40. The predicted octanol–water partition coefficient (Wildman–Crippen LogP) is 3.60. The Morgan fingerprint density at radius 2 is 2.12 bits per heavy atom. The van der Waals surface area contributed by atoms with Crippen molar-refractivity contribution in [1.82, 2.24) is 4.98 Å². The molecule has 0 fully saturated rings. The van der Waals surface area contributed by atoms with Crippen molar-refractivity contribution in [2.45, 2.75) is 19.8 Å². The van der Waals surface area contributed by atoms with Gasteiger partial charge in [-0.2, -0.15) is 0 Å². The van der Waals surface area contributed by atoms with Crippen molar-refractivity contribution >= 4 is 29.2 Å². The topological polar surface area (TPSA) is 79.7 Å². The van der Waals surface area contributed by atoms with Crippen molar-refractivity contribution in [3.63, 3.8) is 0 Å². The Balaban J connectivity index is 1.86. The highest BCUT2D eigenvalue weighted by atomic mass is 35.5. The molecule has 0 saturated heterocycles. The molecule has 2 aromatic rings. The third-order valence-corrected chi connectivity index (χ3v) is 4.39. The zero-order chi connectivity index (χ0) is 18.8. The van der Waals surface area contributed by atoms with E-state index in [9.17, 15) is 14.7 Å². The van der Waals surface area contributed by atoms with Gasteiger partial charge in [0.05, 0.1) is 12.2 Å². The van der Waals surface area contributed by atoms with E-state index < -0.39 is 11.9 Å². The number of aliphatic carboxylic acids is 1. The van der Waals surface area contributed by atoms with Crippen LogP contribution in [0.25, 0.3) is 0 Å². The predicted molar refractivity (Wildman–Crippen MR) is 98.1 cm³/mol. The van der Waals surface area contributed by atoms with Crippen LogP contribution in [0, 0.1) is 5.92 Å². The van der Waals surface area contributed by atoms with Gasteiger partial charge in [-0.1, -0.05) is 43.6 Å². The summed E-state index contributed by atoms with van der Waals surface area (Å²) in [4.78, 5) is 30.0. The Morgan fingerprint density at radius 3 is 2.77 bits per heavy atom. The van der Waals surface area contributed by atoms with Crippen molar-refractivity contribution in [3.05, 3.63) is 52.7 Å². The van der Waals surface area contributed by atoms with Crippen molar-refractivity contribution in [1.29, 1.82) is 0 Å². The van der Waals surface area contributed by atoms with E-state index in [0.717, 1.165) is 0 Å². The average Bonchev–Trinajstić information content (AvgIpc) is 3.00. The zero-order valence-corrected chi connectivity index (χ0v) is 15.2. The second-order valence-electron chi connectivity index (χ2n) is 6.58. The number of aromatic nitrogens is 1. The SMILES string of the molecule is CC(C)COc1ncc(C(=O)N2CC(C(=O)O)c3ccccc32)cc1Cl. The van der Waals surface area contributed by atoms with Crippen molar-refractivity contribution in [3.8, 4) is 5.88 Å². The minimum absolute atomic E-state index is 0.0801. The lowest BCUT2D eigenvalue weighted by molar-refractivity contribution is -0.138. The third kappa shape index (κ3) is 3.51. The Labute approximate surface area is 156 Å². The number of carboxylic acid groups (broad SMARTS) is 1. The minimum atomic E-state index is -0.957. The third-order valence-electron chi connectivity index (χ3n) is 4.12. The Morgan fingerprint density at radius 1 is 1.38 bits per heavy atom. The molecule has 0 aliphatic carbocycles. The van der Waals surface area contributed by atoms with Crippen LogP contribution in [0.1, 0.15) is 35.7 Å². The molecule has 1 aliphatic heterocycles. The largest absolute Gasteiger partial charge is 0.481 e. The van der Waals surface area contributed by atoms with Crippen LogP contribution in [-0.4, -0.2) is 35.1 Å². The number of para-hydroxylation sites is 1. The van der Waals surface area contributed by atoms with Gasteiger partial charge in [-0.05, 0) is 23.6 Å². The van der Waals surface area contributed by atoms with Gasteiger partial charge in [0.15, 0.2) is 0 Å². The molecule has 136 valence electrons. The van der Waals surface area contributed by atoms with Crippen molar-refractivity contribution in [2.24, 2.45) is 5.92 Å². The van der Waals surface area contributed by atoms with Crippen LogP contribution in [0.4, 0.5) is 5.69 Å². The summed E-state index contributed by atoms with van der Waals surface area (Å²) in [6.45, 7) is 4.57. The molecule has 3 rings (SSSR count). The molecular formula is C19H19ClN2O4. The van der Waals surface area contributed by atoms with Crippen molar-refractivity contribution in [2.75, 3.05) is 18.1 Å². The summed E-state index contributed by atoms with van der Waals surface area (Å²) in [5, 5.41) is 9.68. The molecule has 1 aromatic heterocycles. The van der Waals surface area contributed by atoms with Gasteiger partial charge in [0.25, 0.3) is 5.91 Å². The standard InChI is InChI=1S/C19H19ClN2O4/c1-11(2)10-26-17-15(20)7-12(8-21-17)18(23)22-9-14(19(24)25)13-5-3-4-6-16(13)22/h3-8,11,14H,9-10H2,1-2H3,(H,24,25). The number of ether oxygens (including phenoxy) is 1. The van der Waals surface area contributed by atoms with E-state index >= 15 is 0 Å². The summed E-state index contributed by atoms with van der Waals surface area (Å²) < 4.78 is 5.52. The second-order valence-corrected chi connectivity index (χ2v) is 6.99. The first-order valence-corrected chi connectivity index (χ1v) is 8.68. The molecule has 7 heteroatoms. The van der Waals surface area contributed by atoms with Crippen LogP contribution in [0.15, 0.2) is 36.5 Å². The van der Waals surface area contributed by atoms with Gasteiger partial charge >= 0.3 is 5.97 Å². The number of hydrogen-bond acceptors (Lipinski definition) is 4. The molecule has 0 bridgehead atoms. The Hall–Kier alpha value is -2.60. The minimum Gasteiger partial charge on any atom is -0.481 e. The van der Waals surface area contributed by atoms with E-state index in [1.165, 1.54) is 17.2 Å². The zero-order valence-electron chi connectivity index (χ0n) is 14.5. The normalized spacial score (nSPS) is 15.8. The number of hydrogen-bond donors (Lipinski definition) is 1. The van der Waals surface area contributed by atoms with E-state index in [2.05, 4.69) is 4.98 Å². The van der Waals surface area contributed by atoms with E-state index in [4.69, 9.17) is 16.3 Å². The molecule has 1 aliphatic rings. The summed E-state index contributed by atoms with van der Waals surface area (Å²) >= 11 is 6.19.